The highest BCUT2D eigenvalue weighted by atomic mass is 16.7. The number of rotatable bonds is 8. The van der Waals surface area contributed by atoms with E-state index in [1.54, 1.807) is 0 Å². The zero-order valence-electron chi connectivity index (χ0n) is 21.2. The van der Waals surface area contributed by atoms with Crippen molar-refractivity contribution in [2.24, 2.45) is 0 Å². The maximum Gasteiger partial charge on any atom is 0.303 e. The minimum atomic E-state index is -1.83. The first-order chi connectivity index (χ1) is 17.2. The van der Waals surface area contributed by atoms with E-state index >= 15 is 0 Å². The van der Waals surface area contributed by atoms with Crippen LogP contribution in [0.25, 0.3) is 0 Å². The molecule has 2 rings (SSSR count). The molecule has 0 aliphatic carbocycles. The van der Waals surface area contributed by atoms with Crippen molar-refractivity contribution in [3.63, 3.8) is 0 Å². The molecule has 2 heterocycles. The van der Waals surface area contributed by atoms with Crippen LogP contribution in [0, 0.1) is 0 Å². The van der Waals surface area contributed by atoms with E-state index in [0.29, 0.717) is 0 Å². The van der Waals surface area contributed by atoms with E-state index in [4.69, 9.17) is 37.9 Å². The lowest BCUT2D eigenvalue weighted by molar-refractivity contribution is -0.354. The lowest BCUT2D eigenvalue weighted by Gasteiger charge is -2.47. The smallest absolute Gasteiger partial charge is 0.303 e. The lowest BCUT2D eigenvalue weighted by atomic mass is 9.96. The second-order valence-corrected chi connectivity index (χ2v) is 8.46. The van der Waals surface area contributed by atoms with E-state index in [0.717, 1.165) is 34.6 Å². The highest BCUT2D eigenvalue weighted by Gasteiger charge is 2.55. The van der Waals surface area contributed by atoms with Crippen molar-refractivity contribution in [2.75, 3.05) is 6.61 Å². The standard InChI is InChI=1S/C22H32O15/c1-8-16(32-10(3)24)18(33-11(4)25)20(35-13(6)27)22(31-8)37-17-15(28)14(7-30-9(2)23)36-21(29)19(17)34-12(5)26/h8,14-22,28-29H,7H2,1-6H3/t8-,14+,15+,16-,17-,18+,19+,20+,21?,22-/m0/s1. The molecular weight excluding hydrogens is 504 g/mol. The summed E-state index contributed by atoms with van der Waals surface area (Å²) in [5.74, 6) is -3.91. The molecule has 15 heteroatoms. The van der Waals surface area contributed by atoms with Gasteiger partial charge in [-0.1, -0.05) is 0 Å². The van der Waals surface area contributed by atoms with Crippen molar-refractivity contribution in [3.8, 4) is 0 Å². The van der Waals surface area contributed by atoms with Gasteiger partial charge in [-0.05, 0) is 6.92 Å². The maximum absolute atomic E-state index is 11.9. The molecule has 2 N–H and O–H groups in total. The number of aliphatic hydroxyl groups excluding tert-OH is 2. The van der Waals surface area contributed by atoms with Gasteiger partial charge in [0.1, 0.15) is 24.9 Å². The Labute approximate surface area is 212 Å². The molecule has 2 aliphatic rings. The van der Waals surface area contributed by atoms with Crippen molar-refractivity contribution < 1.29 is 72.1 Å². The lowest BCUT2D eigenvalue weighted by Crippen LogP contribution is -2.66. The Kier molecular flexibility index (Phi) is 10.8. The topological polar surface area (TPSA) is 200 Å². The number of hydrogen-bond donors (Lipinski definition) is 2. The van der Waals surface area contributed by atoms with Gasteiger partial charge >= 0.3 is 29.8 Å². The first kappa shape index (κ1) is 30.4. The van der Waals surface area contributed by atoms with Crippen LogP contribution >= 0.6 is 0 Å². The third-order valence-corrected chi connectivity index (χ3v) is 5.31. The van der Waals surface area contributed by atoms with Crippen molar-refractivity contribution >= 4 is 29.8 Å². The molecule has 210 valence electrons. The molecule has 2 saturated heterocycles. The summed E-state index contributed by atoms with van der Waals surface area (Å²) in [5, 5.41) is 21.4. The van der Waals surface area contributed by atoms with Gasteiger partial charge in [0.25, 0.3) is 0 Å². The number of carbonyl (C=O) groups is 5. The Bertz CT molecular complexity index is 859. The van der Waals surface area contributed by atoms with Gasteiger partial charge in [0.05, 0.1) is 6.10 Å². The van der Waals surface area contributed by atoms with Crippen LogP contribution in [0.5, 0.6) is 0 Å². The first-order valence-corrected chi connectivity index (χ1v) is 11.4. The molecule has 10 atom stereocenters. The molecule has 0 radical (unpaired) electrons. The van der Waals surface area contributed by atoms with Gasteiger partial charge in [0.2, 0.25) is 0 Å². The predicted molar refractivity (Wildman–Crippen MR) is 115 cm³/mol. The van der Waals surface area contributed by atoms with Gasteiger partial charge < -0.3 is 48.1 Å². The Hall–Kier alpha value is -2.85. The predicted octanol–water partition coefficient (Wildman–Crippen LogP) is -1.52. The van der Waals surface area contributed by atoms with Crippen LogP contribution in [-0.4, -0.2) is 108 Å². The SMILES string of the molecule is CC(=O)OC[C@H]1OC(O)[C@H](OC(C)=O)[C@@H](O[C@@H]2O[C@@H](C)[C@H](OC(C)=O)[C@@H](OC(C)=O)[C@H]2OC(C)=O)[C@@H]1O. The maximum atomic E-state index is 11.9. The highest BCUT2D eigenvalue weighted by molar-refractivity contribution is 5.68. The second kappa shape index (κ2) is 13.1. The summed E-state index contributed by atoms with van der Waals surface area (Å²) < 4.78 is 42.7. The summed E-state index contributed by atoms with van der Waals surface area (Å²) in [6.45, 7) is 6.41. The van der Waals surface area contributed by atoms with Gasteiger partial charge in [-0.3, -0.25) is 24.0 Å². The third-order valence-electron chi connectivity index (χ3n) is 5.31. The quantitative estimate of drug-likeness (QED) is 0.267. The molecule has 0 aromatic carbocycles. The fraction of sp³-hybridized carbons (Fsp3) is 0.773. The van der Waals surface area contributed by atoms with Crippen molar-refractivity contribution in [1.82, 2.24) is 0 Å². The van der Waals surface area contributed by atoms with E-state index in [9.17, 15) is 34.2 Å². The first-order valence-electron chi connectivity index (χ1n) is 11.4. The van der Waals surface area contributed by atoms with Gasteiger partial charge in [-0.25, -0.2) is 0 Å². The van der Waals surface area contributed by atoms with E-state index < -0.39 is 97.9 Å². The third kappa shape index (κ3) is 8.33. The van der Waals surface area contributed by atoms with E-state index in [1.165, 1.54) is 6.92 Å². The molecule has 37 heavy (non-hydrogen) atoms. The van der Waals surface area contributed by atoms with Crippen LogP contribution in [-0.2, 0) is 61.9 Å². The molecule has 0 saturated carbocycles. The monoisotopic (exact) mass is 536 g/mol. The summed E-state index contributed by atoms with van der Waals surface area (Å²) in [6, 6.07) is 0. The molecule has 0 aromatic rings. The van der Waals surface area contributed by atoms with Gasteiger partial charge in [0, 0.05) is 34.6 Å². The Morgan fingerprint density at radius 2 is 1.14 bits per heavy atom. The minimum absolute atomic E-state index is 0.486. The number of hydrogen-bond acceptors (Lipinski definition) is 15. The molecule has 0 amide bonds. The highest BCUT2D eigenvalue weighted by Crippen LogP contribution is 2.33. The average molecular weight is 536 g/mol. The van der Waals surface area contributed by atoms with Crippen LogP contribution in [0.4, 0.5) is 0 Å². The number of carbonyl (C=O) groups excluding carboxylic acids is 5. The number of esters is 5. The van der Waals surface area contributed by atoms with Crippen molar-refractivity contribution in [1.29, 1.82) is 0 Å². The second-order valence-electron chi connectivity index (χ2n) is 8.46. The average Bonchev–Trinajstić information content (AvgIpc) is 2.75. The van der Waals surface area contributed by atoms with E-state index in [-0.39, 0.29) is 0 Å². The Balaban J connectivity index is 2.44. The fourth-order valence-corrected chi connectivity index (χ4v) is 3.95. The summed E-state index contributed by atoms with van der Waals surface area (Å²) >= 11 is 0. The zero-order chi connectivity index (χ0) is 28.0. The largest absolute Gasteiger partial charge is 0.463 e. The van der Waals surface area contributed by atoms with Gasteiger partial charge in [-0.2, -0.15) is 0 Å². The molecule has 0 aromatic heterocycles. The normalized spacial score (nSPS) is 35.6. The van der Waals surface area contributed by atoms with E-state index in [2.05, 4.69) is 0 Å². The molecule has 15 nitrogen and oxygen atoms in total. The Morgan fingerprint density at radius 1 is 0.649 bits per heavy atom. The van der Waals surface area contributed by atoms with Crippen LogP contribution in [0.15, 0.2) is 0 Å². The van der Waals surface area contributed by atoms with Gasteiger partial charge in [0.15, 0.2) is 37.0 Å². The minimum Gasteiger partial charge on any atom is -0.463 e. The molecule has 2 fully saturated rings. The summed E-state index contributed by atoms with van der Waals surface area (Å²) in [4.78, 5) is 58.3. The van der Waals surface area contributed by atoms with E-state index in [1.807, 2.05) is 0 Å². The number of aliphatic hydroxyl groups is 2. The van der Waals surface area contributed by atoms with Crippen LogP contribution in [0.2, 0.25) is 0 Å². The van der Waals surface area contributed by atoms with Crippen molar-refractivity contribution in [3.05, 3.63) is 0 Å². The van der Waals surface area contributed by atoms with Crippen LogP contribution in [0.1, 0.15) is 41.5 Å². The zero-order valence-corrected chi connectivity index (χ0v) is 21.2. The fourth-order valence-electron chi connectivity index (χ4n) is 3.95. The summed E-state index contributed by atoms with van der Waals surface area (Å²) in [6.07, 6.45) is -14.7. The molecule has 0 spiro atoms. The Morgan fingerprint density at radius 3 is 1.65 bits per heavy atom. The molecule has 1 unspecified atom stereocenters. The van der Waals surface area contributed by atoms with Crippen LogP contribution < -0.4 is 0 Å². The van der Waals surface area contributed by atoms with Crippen LogP contribution in [0.3, 0.4) is 0 Å². The molecular formula is C22H32O15. The van der Waals surface area contributed by atoms with Gasteiger partial charge in [-0.15, -0.1) is 0 Å². The summed E-state index contributed by atoms with van der Waals surface area (Å²) in [5.41, 5.74) is 0. The summed E-state index contributed by atoms with van der Waals surface area (Å²) in [7, 11) is 0. The number of ether oxygens (including phenoxy) is 8. The van der Waals surface area contributed by atoms with Crippen molar-refractivity contribution in [2.45, 2.75) is 103 Å². The molecule has 0 bridgehead atoms. The molecule has 2 aliphatic heterocycles.